The molecule has 0 amide bonds. The summed E-state index contributed by atoms with van der Waals surface area (Å²) in [6, 6.07) is 4.62. The fraction of sp³-hybridized carbons (Fsp3) is 0.714. The minimum absolute atomic E-state index is 0.259. The van der Waals surface area contributed by atoms with Crippen LogP contribution in [0.25, 0.3) is 5.65 Å². The first-order valence-electron chi connectivity index (χ1n) is 11.2. The second-order valence-corrected chi connectivity index (χ2v) is 11.1. The Bertz CT molecular complexity index is 1050. The van der Waals surface area contributed by atoms with Gasteiger partial charge in [0.2, 0.25) is 14.8 Å². The molecule has 0 bridgehead atoms. The Hall–Kier alpha value is -1.29. The van der Waals surface area contributed by atoms with E-state index in [0.717, 1.165) is 5.92 Å². The molecule has 0 aromatic carbocycles. The van der Waals surface area contributed by atoms with Gasteiger partial charge in [0.25, 0.3) is 0 Å². The molecule has 2 heterocycles. The van der Waals surface area contributed by atoms with Gasteiger partial charge in [-0.3, -0.25) is 9.30 Å². The molecule has 2 aliphatic rings. The summed E-state index contributed by atoms with van der Waals surface area (Å²) in [6.07, 6.45) is 9.18. The summed E-state index contributed by atoms with van der Waals surface area (Å²) in [5.74, 6) is 0.825. The average molecular weight is 452 g/mol. The second kappa shape index (κ2) is 8.68. The molecular formula is C21H33N5O2S2. The Kier molecular flexibility index (Phi) is 6.35. The first kappa shape index (κ1) is 21.9. The van der Waals surface area contributed by atoms with Crippen molar-refractivity contribution in [3.05, 3.63) is 23.1 Å². The van der Waals surface area contributed by atoms with E-state index >= 15 is 0 Å². The Morgan fingerprint density at radius 1 is 1.07 bits per heavy atom. The Morgan fingerprint density at radius 3 is 2.23 bits per heavy atom. The van der Waals surface area contributed by atoms with Crippen LogP contribution >= 0.6 is 12.2 Å². The molecule has 0 saturated heterocycles. The van der Waals surface area contributed by atoms with Crippen LogP contribution in [0.1, 0.15) is 59.3 Å². The summed E-state index contributed by atoms with van der Waals surface area (Å²) in [6.45, 7) is 7.61. The van der Waals surface area contributed by atoms with Crippen molar-refractivity contribution in [2.24, 2.45) is 5.92 Å². The molecule has 0 N–H and O–H groups in total. The van der Waals surface area contributed by atoms with Crippen molar-refractivity contribution >= 4 is 27.9 Å². The maximum Gasteiger partial charge on any atom is 0.244 e. The van der Waals surface area contributed by atoms with Crippen LogP contribution in [0.4, 0.5) is 0 Å². The van der Waals surface area contributed by atoms with Gasteiger partial charge >= 0.3 is 0 Å². The molecule has 9 heteroatoms. The fourth-order valence-electron chi connectivity index (χ4n) is 4.62. The topological polar surface area (TPSA) is 62.9 Å². The third-order valence-electron chi connectivity index (χ3n) is 6.66. The Labute approximate surface area is 184 Å². The van der Waals surface area contributed by atoms with Gasteiger partial charge in [0.05, 0.1) is 11.6 Å². The molecule has 2 aliphatic carbocycles. The minimum Gasteiger partial charge on any atom is -0.278 e. The summed E-state index contributed by atoms with van der Waals surface area (Å²) < 4.78 is 31.4. The lowest BCUT2D eigenvalue weighted by atomic mass is 9.86. The van der Waals surface area contributed by atoms with Gasteiger partial charge in [-0.05, 0) is 68.8 Å². The molecule has 0 atom stereocenters. The molecule has 0 radical (unpaired) electrons. The third kappa shape index (κ3) is 4.22. The maximum atomic E-state index is 12.9. The number of pyridine rings is 1. The van der Waals surface area contributed by atoms with Gasteiger partial charge in [-0.15, -0.1) is 0 Å². The molecule has 2 fully saturated rings. The Morgan fingerprint density at radius 2 is 1.67 bits per heavy atom. The highest BCUT2D eigenvalue weighted by atomic mass is 32.2. The SMILES string of the molecule is CCN(CC)S(=O)(=O)c1ccc2nn(CN(C3CCC(C)CC3)C3CC3)c(=S)n2c1. The van der Waals surface area contributed by atoms with E-state index in [9.17, 15) is 8.42 Å². The van der Waals surface area contributed by atoms with Crippen molar-refractivity contribution in [2.75, 3.05) is 13.1 Å². The van der Waals surface area contributed by atoms with E-state index in [4.69, 9.17) is 17.3 Å². The zero-order valence-corrected chi connectivity index (χ0v) is 19.8. The van der Waals surface area contributed by atoms with Crippen LogP contribution in [-0.2, 0) is 16.7 Å². The molecule has 2 aromatic heterocycles. The van der Waals surface area contributed by atoms with Crippen molar-refractivity contribution in [3.63, 3.8) is 0 Å². The number of rotatable bonds is 8. The van der Waals surface area contributed by atoms with E-state index in [1.807, 2.05) is 18.5 Å². The van der Waals surface area contributed by atoms with Gasteiger partial charge in [-0.2, -0.15) is 9.40 Å². The van der Waals surface area contributed by atoms with Crippen LogP contribution in [0.3, 0.4) is 0 Å². The van der Waals surface area contributed by atoms with Crippen LogP contribution in [-0.4, -0.2) is 57.0 Å². The zero-order chi connectivity index (χ0) is 21.5. The normalized spacial score (nSPS) is 23.0. The second-order valence-electron chi connectivity index (χ2n) is 8.76. The smallest absolute Gasteiger partial charge is 0.244 e. The number of hydrogen-bond acceptors (Lipinski definition) is 5. The van der Waals surface area contributed by atoms with E-state index < -0.39 is 10.0 Å². The van der Waals surface area contributed by atoms with Gasteiger partial charge < -0.3 is 0 Å². The number of fused-ring (bicyclic) bond motifs is 1. The fourth-order valence-corrected chi connectivity index (χ4v) is 6.32. The van der Waals surface area contributed by atoms with Gasteiger partial charge in [0.1, 0.15) is 0 Å². The average Bonchev–Trinajstić information content (AvgIpc) is 3.52. The van der Waals surface area contributed by atoms with Crippen molar-refractivity contribution in [2.45, 2.75) is 82.9 Å². The van der Waals surface area contributed by atoms with E-state index in [1.54, 1.807) is 22.7 Å². The quantitative estimate of drug-likeness (QED) is 0.570. The summed E-state index contributed by atoms with van der Waals surface area (Å²) >= 11 is 5.71. The maximum absolute atomic E-state index is 12.9. The van der Waals surface area contributed by atoms with Crippen LogP contribution in [0, 0.1) is 10.7 Å². The largest absolute Gasteiger partial charge is 0.278 e. The van der Waals surface area contributed by atoms with Crippen molar-refractivity contribution in [3.8, 4) is 0 Å². The van der Waals surface area contributed by atoms with Crippen molar-refractivity contribution in [1.82, 2.24) is 23.4 Å². The molecule has 4 rings (SSSR count). The molecular weight excluding hydrogens is 418 g/mol. The molecule has 0 spiro atoms. The molecule has 0 unspecified atom stereocenters. The highest BCUT2D eigenvalue weighted by Gasteiger charge is 2.36. The van der Waals surface area contributed by atoms with Gasteiger partial charge in [-0.25, -0.2) is 13.1 Å². The first-order valence-corrected chi connectivity index (χ1v) is 13.0. The minimum atomic E-state index is -3.53. The van der Waals surface area contributed by atoms with Gasteiger partial charge in [-0.1, -0.05) is 20.8 Å². The zero-order valence-electron chi connectivity index (χ0n) is 18.2. The Balaban J connectivity index is 1.62. The molecule has 2 saturated carbocycles. The predicted molar refractivity (Wildman–Crippen MR) is 120 cm³/mol. The monoisotopic (exact) mass is 451 g/mol. The lowest BCUT2D eigenvalue weighted by Gasteiger charge is -2.36. The number of nitrogens with zero attached hydrogens (tertiary/aromatic N) is 5. The molecule has 166 valence electrons. The van der Waals surface area contributed by atoms with E-state index in [-0.39, 0.29) is 4.90 Å². The molecule has 0 aliphatic heterocycles. The summed E-state index contributed by atoms with van der Waals surface area (Å²) in [4.78, 5) is 2.84. The van der Waals surface area contributed by atoms with Crippen LogP contribution in [0.2, 0.25) is 0 Å². The summed E-state index contributed by atoms with van der Waals surface area (Å²) in [5.41, 5.74) is 0.687. The highest BCUT2D eigenvalue weighted by Crippen LogP contribution is 2.35. The van der Waals surface area contributed by atoms with Gasteiger partial charge in [0, 0.05) is 31.4 Å². The van der Waals surface area contributed by atoms with Gasteiger partial charge in [0.15, 0.2) is 5.65 Å². The van der Waals surface area contributed by atoms with E-state index in [0.29, 0.717) is 42.3 Å². The van der Waals surface area contributed by atoms with E-state index in [1.165, 1.54) is 42.8 Å². The van der Waals surface area contributed by atoms with Crippen molar-refractivity contribution < 1.29 is 8.42 Å². The number of hydrogen-bond donors (Lipinski definition) is 0. The lowest BCUT2D eigenvalue weighted by molar-refractivity contribution is 0.0923. The number of aromatic nitrogens is 3. The molecule has 2 aromatic rings. The predicted octanol–water partition coefficient (Wildman–Crippen LogP) is 3.90. The summed E-state index contributed by atoms with van der Waals surface area (Å²) in [7, 11) is -3.53. The van der Waals surface area contributed by atoms with Crippen LogP contribution in [0.5, 0.6) is 0 Å². The standard InChI is InChI=1S/C21H33N5O2S2/c1-4-23(5-2)30(27,28)19-12-13-20-22-26(21(29)24(20)14-19)15-25(18-10-11-18)17-8-6-16(3)7-9-17/h12-14,16-18H,4-11,15H2,1-3H3. The number of sulfonamides is 1. The first-order chi connectivity index (χ1) is 14.3. The third-order valence-corrected chi connectivity index (χ3v) is 9.10. The van der Waals surface area contributed by atoms with Crippen LogP contribution < -0.4 is 0 Å². The summed E-state index contributed by atoms with van der Waals surface area (Å²) in [5, 5.41) is 4.71. The van der Waals surface area contributed by atoms with Crippen molar-refractivity contribution in [1.29, 1.82) is 0 Å². The van der Waals surface area contributed by atoms with E-state index in [2.05, 4.69) is 11.8 Å². The molecule has 30 heavy (non-hydrogen) atoms. The van der Waals surface area contributed by atoms with Crippen LogP contribution in [0.15, 0.2) is 23.2 Å². The molecule has 7 nitrogen and oxygen atoms in total. The lowest BCUT2D eigenvalue weighted by Crippen LogP contribution is -2.40. The highest BCUT2D eigenvalue weighted by molar-refractivity contribution is 7.89.